The van der Waals surface area contributed by atoms with Crippen LogP contribution >= 0.6 is 0 Å². The van der Waals surface area contributed by atoms with E-state index in [0.717, 1.165) is 0 Å². The fourth-order valence-corrected chi connectivity index (χ4v) is 2.57. The molecule has 4 rings (SSSR count). The molecular weight excluding hydrogens is 315 g/mol. The van der Waals surface area contributed by atoms with Crippen molar-refractivity contribution in [3.63, 3.8) is 0 Å². The third kappa shape index (κ3) is 2.36. The molecule has 0 fully saturated rings. The molecule has 0 aliphatic carbocycles. The van der Waals surface area contributed by atoms with Crippen molar-refractivity contribution >= 4 is 28.3 Å². The van der Waals surface area contributed by atoms with Gasteiger partial charge in [0.2, 0.25) is 6.79 Å². The van der Waals surface area contributed by atoms with Gasteiger partial charge in [0, 0.05) is 28.9 Å². The summed E-state index contributed by atoms with van der Waals surface area (Å²) in [5, 5.41) is 2.87. The summed E-state index contributed by atoms with van der Waals surface area (Å²) < 4.78 is 23.8. The molecule has 2 N–H and O–H groups in total. The van der Waals surface area contributed by atoms with E-state index in [9.17, 15) is 14.0 Å². The molecule has 0 atom stereocenters. The van der Waals surface area contributed by atoms with E-state index in [4.69, 9.17) is 9.47 Å². The Bertz CT molecular complexity index is 980. The molecule has 0 bridgehead atoms. The molecule has 1 aromatic heterocycles. The normalized spacial score (nSPS) is 12.4. The van der Waals surface area contributed by atoms with Gasteiger partial charge in [-0.15, -0.1) is 0 Å². The van der Waals surface area contributed by atoms with Gasteiger partial charge in [-0.1, -0.05) is 0 Å². The van der Waals surface area contributed by atoms with E-state index in [0.29, 0.717) is 28.1 Å². The number of ether oxygens (including phenoxy) is 2. The standard InChI is InChI=1S/C17H11FN2O4/c18-9-1-3-13-11(5-9)12(7-19-13)16(21)17(22)20-10-2-4-14-15(6-10)24-8-23-14/h1-7,19H,8H2,(H,20,22). The van der Waals surface area contributed by atoms with Crippen molar-refractivity contribution in [2.75, 3.05) is 12.1 Å². The molecule has 1 amide bonds. The van der Waals surface area contributed by atoms with Crippen molar-refractivity contribution in [2.45, 2.75) is 0 Å². The highest BCUT2D eigenvalue weighted by Crippen LogP contribution is 2.34. The Morgan fingerprint density at radius 1 is 1.08 bits per heavy atom. The van der Waals surface area contributed by atoms with E-state index in [-0.39, 0.29) is 12.4 Å². The number of aromatic nitrogens is 1. The number of carbonyl (C=O) groups excluding carboxylic acids is 2. The topological polar surface area (TPSA) is 80.4 Å². The average Bonchev–Trinajstić information content (AvgIpc) is 3.19. The van der Waals surface area contributed by atoms with Gasteiger partial charge in [0.15, 0.2) is 11.5 Å². The van der Waals surface area contributed by atoms with Crippen molar-refractivity contribution in [2.24, 2.45) is 0 Å². The smallest absolute Gasteiger partial charge is 0.296 e. The number of hydrogen-bond acceptors (Lipinski definition) is 4. The molecule has 1 aliphatic rings. The number of halogens is 1. The molecule has 120 valence electrons. The quantitative estimate of drug-likeness (QED) is 0.573. The lowest BCUT2D eigenvalue weighted by atomic mass is 10.1. The zero-order chi connectivity index (χ0) is 16.7. The molecule has 0 radical (unpaired) electrons. The number of anilines is 1. The number of amides is 1. The molecule has 2 heterocycles. The fraction of sp³-hybridized carbons (Fsp3) is 0.0588. The predicted molar refractivity (Wildman–Crippen MR) is 83.8 cm³/mol. The molecule has 0 unspecified atom stereocenters. The lowest BCUT2D eigenvalue weighted by Crippen LogP contribution is -2.22. The van der Waals surface area contributed by atoms with E-state index in [2.05, 4.69) is 10.3 Å². The highest BCUT2D eigenvalue weighted by Gasteiger charge is 2.21. The Morgan fingerprint density at radius 3 is 2.79 bits per heavy atom. The van der Waals surface area contributed by atoms with E-state index in [1.165, 1.54) is 24.4 Å². The van der Waals surface area contributed by atoms with Crippen molar-refractivity contribution in [1.29, 1.82) is 0 Å². The third-order valence-electron chi connectivity index (χ3n) is 3.73. The van der Waals surface area contributed by atoms with Gasteiger partial charge in [-0.2, -0.15) is 0 Å². The lowest BCUT2D eigenvalue weighted by molar-refractivity contribution is -0.112. The van der Waals surface area contributed by atoms with Gasteiger partial charge in [-0.05, 0) is 30.3 Å². The van der Waals surface area contributed by atoms with E-state index in [1.54, 1.807) is 18.2 Å². The van der Waals surface area contributed by atoms with Gasteiger partial charge in [-0.3, -0.25) is 9.59 Å². The number of Topliss-reactive ketones (excluding diaryl/α,β-unsaturated/α-hetero) is 1. The molecule has 3 aromatic rings. The van der Waals surface area contributed by atoms with E-state index >= 15 is 0 Å². The Hall–Kier alpha value is -3.35. The minimum Gasteiger partial charge on any atom is -0.454 e. The first-order chi connectivity index (χ1) is 11.6. The van der Waals surface area contributed by atoms with E-state index in [1.807, 2.05) is 0 Å². The minimum absolute atomic E-state index is 0.114. The number of aromatic amines is 1. The molecular formula is C17H11FN2O4. The van der Waals surface area contributed by atoms with Crippen LogP contribution in [0.1, 0.15) is 10.4 Å². The van der Waals surface area contributed by atoms with E-state index < -0.39 is 17.5 Å². The van der Waals surface area contributed by atoms with Crippen LogP contribution in [0.15, 0.2) is 42.6 Å². The first kappa shape index (κ1) is 14.3. The number of H-pyrrole nitrogens is 1. The lowest BCUT2D eigenvalue weighted by Gasteiger charge is -2.05. The number of hydrogen-bond donors (Lipinski definition) is 2. The van der Waals surface area contributed by atoms with Crippen molar-refractivity contribution in [3.05, 3.63) is 54.0 Å². The second-order valence-corrected chi connectivity index (χ2v) is 5.24. The zero-order valence-electron chi connectivity index (χ0n) is 12.3. The largest absolute Gasteiger partial charge is 0.454 e. The maximum atomic E-state index is 13.4. The number of nitrogens with one attached hydrogen (secondary N) is 2. The molecule has 0 saturated heterocycles. The number of ketones is 1. The molecule has 1 aliphatic heterocycles. The highest BCUT2D eigenvalue weighted by molar-refractivity contribution is 6.48. The van der Waals surface area contributed by atoms with Crippen molar-refractivity contribution < 1.29 is 23.5 Å². The summed E-state index contributed by atoms with van der Waals surface area (Å²) in [6.45, 7) is 0.118. The van der Waals surface area contributed by atoms with Gasteiger partial charge in [-0.25, -0.2) is 4.39 Å². The molecule has 7 heteroatoms. The summed E-state index contributed by atoms with van der Waals surface area (Å²) in [7, 11) is 0. The molecule has 0 spiro atoms. The Labute approximate surface area is 135 Å². The SMILES string of the molecule is O=C(Nc1ccc2c(c1)OCO2)C(=O)c1c[nH]c2ccc(F)cc12. The Kier molecular flexibility index (Phi) is 3.19. The van der Waals surface area contributed by atoms with Gasteiger partial charge in [0.1, 0.15) is 5.82 Å². The van der Waals surface area contributed by atoms with Crippen LogP contribution in [-0.2, 0) is 4.79 Å². The second kappa shape index (κ2) is 5.38. The van der Waals surface area contributed by atoms with Crippen LogP contribution in [0.4, 0.5) is 10.1 Å². The summed E-state index contributed by atoms with van der Waals surface area (Å²) in [6.07, 6.45) is 1.39. The summed E-state index contributed by atoms with van der Waals surface area (Å²) in [4.78, 5) is 27.4. The van der Waals surface area contributed by atoms with Crippen molar-refractivity contribution in [1.82, 2.24) is 4.98 Å². The second-order valence-electron chi connectivity index (χ2n) is 5.24. The van der Waals surface area contributed by atoms with Gasteiger partial charge < -0.3 is 19.8 Å². The molecule has 2 aromatic carbocycles. The number of rotatable bonds is 3. The maximum Gasteiger partial charge on any atom is 0.296 e. The Morgan fingerprint density at radius 2 is 1.92 bits per heavy atom. The fourth-order valence-electron chi connectivity index (χ4n) is 2.57. The van der Waals surface area contributed by atoms with Gasteiger partial charge in [0.25, 0.3) is 11.7 Å². The predicted octanol–water partition coefficient (Wildman–Crippen LogP) is 2.86. The molecule has 0 saturated carbocycles. The minimum atomic E-state index is -0.820. The first-order valence-electron chi connectivity index (χ1n) is 7.14. The van der Waals surface area contributed by atoms with Gasteiger partial charge >= 0.3 is 0 Å². The first-order valence-corrected chi connectivity index (χ1v) is 7.14. The maximum absolute atomic E-state index is 13.4. The van der Waals surface area contributed by atoms with Gasteiger partial charge in [0.05, 0.1) is 5.56 Å². The number of fused-ring (bicyclic) bond motifs is 2. The monoisotopic (exact) mass is 326 g/mol. The third-order valence-corrected chi connectivity index (χ3v) is 3.73. The van der Waals surface area contributed by atoms with Crippen LogP contribution in [-0.4, -0.2) is 23.5 Å². The van der Waals surface area contributed by atoms with Crippen LogP contribution < -0.4 is 14.8 Å². The van der Waals surface area contributed by atoms with Crippen LogP contribution in [0.25, 0.3) is 10.9 Å². The van der Waals surface area contributed by atoms with Crippen LogP contribution in [0.2, 0.25) is 0 Å². The number of carbonyl (C=O) groups is 2. The van der Waals surface area contributed by atoms with Crippen molar-refractivity contribution in [3.8, 4) is 11.5 Å². The molecule has 24 heavy (non-hydrogen) atoms. The highest BCUT2D eigenvalue weighted by atomic mass is 19.1. The van der Waals surface area contributed by atoms with Crippen LogP contribution in [0.5, 0.6) is 11.5 Å². The van der Waals surface area contributed by atoms with Crippen LogP contribution in [0, 0.1) is 5.82 Å². The zero-order valence-corrected chi connectivity index (χ0v) is 12.3. The summed E-state index contributed by atoms with van der Waals surface area (Å²) >= 11 is 0. The molecule has 6 nitrogen and oxygen atoms in total. The van der Waals surface area contributed by atoms with Crippen LogP contribution in [0.3, 0.4) is 0 Å². The summed E-state index contributed by atoms with van der Waals surface area (Å²) in [6, 6.07) is 8.82. The summed E-state index contributed by atoms with van der Waals surface area (Å²) in [5.74, 6) is -0.989. The summed E-state index contributed by atoms with van der Waals surface area (Å²) in [5.41, 5.74) is 1.10. The Balaban J connectivity index is 1.59. The average molecular weight is 326 g/mol. The number of benzene rings is 2.